The Kier molecular flexibility index (Phi) is 4.17. The molecule has 1 aliphatic carbocycles. The normalized spacial score (nSPS) is 23.7. The molecule has 0 aromatic rings. The molecule has 0 heterocycles. The molecule has 0 aliphatic heterocycles. The summed E-state index contributed by atoms with van der Waals surface area (Å²) in [5.41, 5.74) is -0.0523. The van der Waals surface area contributed by atoms with Crippen LogP contribution in [-0.2, 0) is 9.59 Å². The average molecular weight is 237 g/mol. The van der Waals surface area contributed by atoms with Crippen molar-refractivity contribution in [2.45, 2.75) is 45.6 Å². The number of carbonyl (C=O) groups is 2. The van der Waals surface area contributed by atoms with Crippen LogP contribution < -0.4 is 5.32 Å². The monoisotopic (exact) mass is 237 g/mol. The predicted molar refractivity (Wildman–Crippen MR) is 64.1 cm³/mol. The quantitative estimate of drug-likeness (QED) is 0.726. The fraction of sp³-hybridized carbons (Fsp3) is 0.692. The smallest absolute Gasteiger partial charge is 0.327 e. The summed E-state index contributed by atoms with van der Waals surface area (Å²) < 4.78 is 0. The number of hydrogen-bond donors (Lipinski definition) is 2. The lowest BCUT2D eigenvalue weighted by Gasteiger charge is -2.27. The average Bonchev–Trinajstić information content (AvgIpc) is 2.57. The van der Waals surface area contributed by atoms with Crippen LogP contribution in [0.15, 0.2) is 0 Å². The Morgan fingerprint density at radius 2 is 2.24 bits per heavy atom. The van der Waals surface area contributed by atoms with Gasteiger partial charge in [0.15, 0.2) is 0 Å². The van der Waals surface area contributed by atoms with Gasteiger partial charge >= 0.3 is 5.97 Å². The van der Waals surface area contributed by atoms with E-state index < -0.39 is 12.0 Å². The zero-order valence-corrected chi connectivity index (χ0v) is 10.3. The van der Waals surface area contributed by atoms with Gasteiger partial charge < -0.3 is 10.4 Å². The molecule has 1 rings (SSSR count). The molecule has 0 radical (unpaired) electrons. The van der Waals surface area contributed by atoms with Crippen molar-refractivity contribution < 1.29 is 14.7 Å². The summed E-state index contributed by atoms with van der Waals surface area (Å²) >= 11 is 0. The van der Waals surface area contributed by atoms with Crippen LogP contribution in [0.4, 0.5) is 0 Å². The van der Waals surface area contributed by atoms with Crippen molar-refractivity contribution >= 4 is 11.9 Å². The van der Waals surface area contributed by atoms with E-state index in [2.05, 4.69) is 11.2 Å². The molecular weight excluding hydrogens is 218 g/mol. The van der Waals surface area contributed by atoms with Crippen molar-refractivity contribution in [3.8, 4) is 12.3 Å². The Bertz CT molecular complexity index is 354. The first-order valence-corrected chi connectivity index (χ1v) is 5.85. The minimum Gasteiger partial charge on any atom is -0.480 e. The maximum absolute atomic E-state index is 12.0. The van der Waals surface area contributed by atoms with Crippen molar-refractivity contribution in [1.82, 2.24) is 5.32 Å². The van der Waals surface area contributed by atoms with Crippen molar-refractivity contribution in [3.63, 3.8) is 0 Å². The van der Waals surface area contributed by atoms with E-state index in [1.54, 1.807) is 0 Å². The van der Waals surface area contributed by atoms with Crippen LogP contribution in [0.1, 0.15) is 39.5 Å². The van der Waals surface area contributed by atoms with Crippen LogP contribution in [0.3, 0.4) is 0 Å². The molecule has 1 fully saturated rings. The minimum atomic E-state index is -1.08. The summed E-state index contributed by atoms with van der Waals surface area (Å²) in [5, 5.41) is 11.4. The van der Waals surface area contributed by atoms with E-state index in [1.807, 2.05) is 13.8 Å². The van der Waals surface area contributed by atoms with Crippen molar-refractivity contribution in [1.29, 1.82) is 0 Å². The molecule has 2 N–H and O–H groups in total. The molecule has 4 nitrogen and oxygen atoms in total. The van der Waals surface area contributed by atoms with Gasteiger partial charge in [-0.25, -0.2) is 4.79 Å². The summed E-state index contributed by atoms with van der Waals surface area (Å²) in [6.07, 6.45) is 7.94. The molecule has 1 saturated carbocycles. The molecule has 2 atom stereocenters. The third-order valence-electron chi connectivity index (χ3n) is 3.51. The van der Waals surface area contributed by atoms with E-state index in [1.165, 1.54) is 0 Å². The second-order valence-corrected chi connectivity index (χ2v) is 5.24. The van der Waals surface area contributed by atoms with E-state index in [-0.39, 0.29) is 23.7 Å². The third-order valence-corrected chi connectivity index (χ3v) is 3.51. The molecule has 1 amide bonds. The molecule has 0 spiro atoms. The van der Waals surface area contributed by atoms with Gasteiger partial charge in [-0.05, 0) is 18.3 Å². The standard InChI is InChI=1S/C13H19NO3/c1-4-6-10(12(16)17)14-11(15)9-7-5-8-13(9,2)3/h1,9-10H,5-8H2,2-3H3,(H,14,15)(H,16,17). The lowest BCUT2D eigenvalue weighted by Crippen LogP contribution is -2.45. The number of nitrogens with one attached hydrogen (secondary N) is 1. The topological polar surface area (TPSA) is 66.4 Å². The molecule has 4 heteroatoms. The second-order valence-electron chi connectivity index (χ2n) is 5.24. The third kappa shape index (κ3) is 3.23. The van der Waals surface area contributed by atoms with Gasteiger partial charge in [0.05, 0.1) is 0 Å². The van der Waals surface area contributed by atoms with Gasteiger partial charge in [-0.2, -0.15) is 0 Å². The van der Waals surface area contributed by atoms with Crippen molar-refractivity contribution in [2.75, 3.05) is 0 Å². The highest BCUT2D eigenvalue weighted by atomic mass is 16.4. The SMILES string of the molecule is C#CCC(NC(=O)C1CCCC1(C)C)C(=O)O. The van der Waals surface area contributed by atoms with E-state index in [0.717, 1.165) is 19.3 Å². The van der Waals surface area contributed by atoms with E-state index in [9.17, 15) is 9.59 Å². The first-order chi connectivity index (χ1) is 7.88. The van der Waals surface area contributed by atoms with Crippen LogP contribution in [0.25, 0.3) is 0 Å². The lowest BCUT2D eigenvalue weighted by atomic mass is 9.81. The summed E-state index contributed by atoms with van der Waals surface area (Å²) in [7, 11) is 0. The van der Waals surface area contributed by atoms with Gasteiger partial charge in [-0.1, -0.05) is 20.3 Å². The maximum atomic E-state index is 12.0. The zero-order chi connectivity index (χ0) is 13.1. The van der Waals surface area contributed by atoms with Crippen LogP contribution >= 0.6 is 0 Å². The summed E-state index contributed by atoms with van der Waals surface area (Å²) in [6.45, 7) is 4.09. The molecular formula is C13H19NO3. The second kappa shape index (κ2) is 5.22. The van der Waals surface area contributed by atoms with Crippen molar-refractivity contribution in [3.05, 3.63) is 0 Å². The molecule has 0 bridgehead atoms. The Morgan fingerprint density at radius 1 is 1.59 bits per heavy atom. The first kappa shape index (κ1) is 13.6. The van der Waals surface area contributed by atoms with Crippen molar-refractivity contribution in [2.24, 2.45) is 11.3 Å². The molecule has 0 aromatic heterocycles. The fourth-order valence-electron chi connectivity index (χ4n) is 2.40. The fourth-order valence-corrected chi connectivity index (χ4v) is 2.40. The van der Waals surface area contributed by atoms with Crippen LogP contribution in [0, 0.1) is 23.7 Å². The Balaban J connectivity index is 2.65. The summed E-state index contributed by atoms with van der Waals surface area (Å²) in [6, 6.07) is -0.969. The van der Waals surface area contributed by atoms with E-state index in [4.69, 9.17) is 11.5 Å². The molecule has 17 heavy (non-hydrogen) atoms. The Hall–Kier alpha value is -1.50. The number of carboxylic acid groups (broad SMARTS) is 1. The molecule has 0 aromatic carbocycles. The highest BCUT2D eigenvalue weighted by Gasteiger charge is 2.40. The Morgan fingerprint density at radius 3 is 2.65 bits per heavy atom. The largest absolute Gasteiger partial charge is 0.480 e. The van der Waals surface area contributed by atoms with Gasteiger partial charge in [0.25, 0.3) is 0 Å². The number of carbonyl (C=O) groups excluding carboxylic acids is 1. The number of carboxylic acids is 1. The van der Waals surface area contributed by atoms with Gasteiger partial charge in [0, 0.05) is 12.3 Å². The highest BCUT2D eigenvalue weighted by molar-refractivity contribution is 5.85. The minimum absolute atomic E-state index is 0.0220. The number of hydrogen-bond acceptors (Lipinski definition) is 2. The summed E-state index contributed by atoms with van der Waals surface area (Å²) in [5.74, 6) is 0.899. The first-order valence-electron chi connectivity index (χ1n) is 5.85. The molecule has 0 saturated heterocycles. The van der Waals surface area contributed by atoms with Crippen LogP contribution in [0.2, 0.25) is 0 Å². The molecule has 1 aliphatic rings. The highest BCUT2D eigenvalue weighted by Crippen LogP contribution is 2.42. The van der Waals surface area contributed by atoms with Gasteiger partial charge in [-0.15, -0.1) is 12.3 Å². The lowest BCUT2D eigenvalue weighted by molar-refractivity contribution is -0.142. The van der Waals surface area contributed by atoms with E-state index >= 15 is 0 Å². The Labute approximate surface area is 102 Å². The summed E-state index contributed by atoms with van der Waals surface area (Å²) in [4.78, 5) is 22.9. The van der Waals surface area contributed by atoms with Gasteiger partial charge in [0.2, 0.25) is 5.91 Å². The number of amides is 1. The predicted octanol–water partition coefficient (Wildman–Crippen LogP) is 1.41. The van der Waals surface area contributed by atoms with E-state index in [0.29, 0.717) is 0 Å². The molecule has 2 unspecified atom stereocenters. The number of rotatable bonds is 4. The number of aliphatic carboxylic acids is 1. The van der Waals surface area contributed by atoms with Crippen LogP contribution in [-0.4, -0.2) is 23.0 Å². The van der Waals surface area contributed by atoms with Gasteiger partial charge in [0.1, 0.15) is 6.04 Å². The maximum Gasteiger partial charge on any atom is 0.327 e. The zero-order valence-electron chi connectivity index (χ0n) is 10.3. The number of terminal acetylenes is 1. The van der Waals surface area contributed by atoms with Gasteiger partial charge in [-0.3, -0.25) is 4.79 Å². The molecule has 94 valence electrons. The van der Waals surface area contributed by atoms with Crippen LogP contribution in [0.5, 0.6) is 0 Å².